The highest BCUT2D eigenvalue weighted by Crippen LogP contribution is 2.30. The lowest BCUT2D eigenvalue weighted by molar-refractivity contribution is -0.136. The molecule has 3 atom stereocenters. The molecule has 154 valence electrons. The molecule has 0 aliphatic carbocycles. The van der Waals surface area contributed by atoms with Gasteiger partial charge in [-0.25, -0.2) is 0 Å². The molecular weight excluding hydrogens is 372 g/mol. The van der Waals surface area contributed by atoms with Crippen molar-refractivity contribution in [1.29, 1.82) is 0 Å². The van der Waals surface area contributed by atoms with Crippen molar-refractivity contribution in [2.45, 2.75) is 51.2 Å². The molecule has 2 fully saturated rings. The van der Waals surface area contributed by atoms with E-state index in [1.54, 1.807) is 12.1 Å². The van der Waals surface area contributed by atoms with E-state index >= 15 is 0 Å². The number of carbonyl (C=O) groups is 4. The molecule has 0 spiro atoms. The maximum atomic E-state index is 13.1. The third-order valence-corrected chi connectivity index (χ3v) is 6.21. The largest absolute Gasteiger partial charge is 0.316 e. The second kappa shape index (κ2) is 8.04. The zero-order valence-electron chi connectivity index (χ0n) is 16.5. The van der Waals surface area contributed by atoms with Crippen LogP contribution < -0.4 is 16.0 Å². The Morgan fingerprint density at radius 1 is 1.17 bits per heavy atom. The first-order chi connectivity index (χ1) is 14.0. The lowest BCUT2D eigenvalue weighted by Gasteiger charge is -2.29. The van der Waals surface area contributed by atoms with E-state index in [9.17, 15) is 19.2 Å². The van der Waals surface area contributed by atoms with Crippen LogP contribution in [0.3, 0.4) is 0 Å². The molecule has 3 N–H and O–H groups in total. The van der Waals surface area contributed by atoms with Crippen LogP contribution in [0.4, 0.5) is 0 Å². The lowest BCUT2D eigenvalue weighted by atomic mass is 9.92. The van der Waals surface area contributed by atoms with Crippen molar-refractivity contribution in [1.82, 2.24) is 20.9 Å². The highest BCUT2D eigenvalue weighted by atomic mass is 16.2. The Bertz CT molecular complexity index is 862. The molecule has 0 bridgehead atoms. The van der Waals surface area contributed by atoms with Crippen molar-refractivity contribution in [3.8, 4) is 0 Å². The van der Waals surface area contributed by atoms with Crippen LogP contribution in [0.2, 0.25) is 0 Å². The van der Waals surface area contributed by atoms with E-state index in [0.717, 1.165) is 36.4 Å². The minimum atomic E-state index is -0.937. The molecule has 3 unspecified atom stereocenters. The maximum absolute atomic E-state index is 13.1. The van der Waals surface area contributed by atoms with Gasteiger partial charge < -0.3 is 10.6 Å². The normalized spacial score (nSPS) is 25.8. The minimum Gasteiger partial charge on any atom is -0.316 e. The molecule has 0 saturated carbocycles. The van der Waals surface area contributed by atoms with E-state index in [1.807, 2.05) is 6.07 Å². The van der Waals surface area contributed by atoms with Gasteiger partial charge in [0.2, 0.25) is 11.8 Å². The van der Waals surface area contributed by atoms with E-state index in [1.165, 1.54) is 0 Å². The van der Waals surface area contributed by atoms with Crippen molar-refractivity contribution >= 4 is 23.6 Å². The van der Waals surface area contributed by atoms with E-state index in [2.05, 4.69) is 22.9 Å². The van der Waals surface area contributed by atoms with Gasteiger partial charge in [0, 0.05) is 19.0 Å². The fraction of sp³-hybridized carbons (Fsp3) is 0.524. The zero-order chi connectivity index (χ0) is 20.5. The summed E-state index contributed by atoms with van der Waals surface area (Å²) in [4.78, 5) is 50.6. The Hall–Kier alpha value is -2.58. The fourth-order valence-electron chi connectivity index (χ4n) is 4.48. The van der Waals surface area contributed by atoms with Gasteiger partial charge >= 0.3 is 0 Å². The summed E-state index contributed by atoms with van der Waals surface area (Å²) in [5.74, 6) is -1.36. The van der Waals surface area contributed by atoms with Gasteiger partial charge in [0.1, 0.15) is 6.04 Å². The predicted octanol–water partition coefficient (Wildman–Crippen LogP) is 0.566. The average Bonchev–Trinajstić information content (AvgIpc) is 2.98. The first-order valence-corrected chi connectivity index (χ1v) is 10.2. The van der Waals surface area contributed by atoms with Crippen molar-refractivity contribution in [3.63, 3.8) is 0 Å². The smallest absolute Gasteiger partial charge is 0.262 e. The Morgan fingerprint density at radius 2 is 2.00 bits per heavy atom. The predicted molar refractivity (Wildman–Crippen MR) is 105 cm³/mol. The van der Waals surface area contributed by atoms with Crippen molar-refractivity contribution < 1.29 is 19.2 Å². The van der Waals surface area contributed by atoms with E-state index in [0.29, 0.717) is 23.6 Å². The number of hydrogen-bond acceptors (Lipinski definition) is 6. The number of imide groups is 2. The Balaban J connectivity index is 1.51. The maximum Gasteiger partial charge on any atom is 0.262 e. The quantitative estimate of drug-likeness (QED) is 0.626. The molecule has 3 aliphatic rings. The van der Waals surface area contributed by atoms with Crippen LogP contribution in [0.15, 0.2) is 18.2 Å². The number of hydrogen-bond donors (Lipinski definition) is 3. The summed E-state index contributed by atoms with van der Waals surface area (Å²) in [7, 11) is 0. The fourth-order valence-corrected chi connectivity index (χ4v) is 4.48. The third-order valence-electron chi connectivity index (χ3n) is 6.21. The number of rotatable bonds is 5. The Labute approximate surface area is 169 Å². The summed E-state index contributed by atoms with van der Waals surface area (Å²) in [5.41, 5.74) is 1.45. The SMILES string of the molecule is CC(NCc1cccc2c1C(=O)N(C1CCC(=O)NC1=O)C2=O)C1CCCNC1. The molecule has 1 aromatic carbocycles. The summed E-state index contributed by atoms with van der Waals surface area (Å²) < 4.78 is 0. The minimum absolute atomic E-state index is 0.116. The molecule has 8 nitrogen and oxygen atoms in total. The van der Waals surface area contributed by atoms with Gasteiger partial charge in [-0.2, -0.15) is 0 Å². The number of nitrogens with zero attached hydrogens (tertiary/aromatic N) is 1. The van der Waals surface area contributed by atoms with Crippen LogP contribution in [0.25, 0.3) is 0 Å². The van der Waals surface area contributed by atoms with E-state index in [4.69, 9.17) is 0 Å². The highest BCUT2D eigenvalue weighted by molar-refractivity contribution is 6.24. The molecule has 4 amide bonds. The number of fused-ring (bicyclic) bond motifs is 1. The third kappa shape index (κ3) is 3.70. The Morgan fingerprint density at radius 3 is 2.72 bits per heavy atom. The number of benzene rings is 1. The summed E-state index contributed by atoms with van der Waals surface area (Å²) in [6.07, 6.45) is 2.60. The van der Waals surface area contributed by atoms with Crippen LogP contribution in [0.1, 0.15) is 58.9 Å². The molecule has 0 radical (unpaired) electrons. The van der Waals surface area contributed by atoms with Gasteiger partial charge in [-0.15, -0.1) is 0 Å². The number of piperidine rings is 2. The van der Waals surface area contributed by atoms with Crippen molar-refractivity contribution in [2.75, 3.05) is 13.1 Å². The summed E-state index contributed by atoms with van der Waals surface area (Å²) in [6.45, 7) is 4.65. The number of nitrogens with one attached hydrogen (secondary N) is 3. The zero-order valence-corrected chi connectivity index (χ0v) is 16.5. The van der Waals surface area contributed by atoms with Gasteiger partial charge in [0.05, 0.1) is 11.1 Å². The van der Waals surface area contributed by atoms with Crippen molar-refractivity contribution in [3.05, 3.63) is 34.9 Å². The molecule has 1 aromatic rings. The van der Waals surface area contributed by atoms with Gasteiger partial charge in [-0.1, -0.05) is 12.1 Å². The monoisotopic (exact) mass is 398 g/mol. The molecular formula is C21H26N4O4. The molecule has 8 heteroatoms. The molecule has 3 heterocycles. The molecule has 0 aromatic heterocycles. The highest BCUT2D eigenvalue weighted by Gasteiger charge is 2.45. The second-order valence-electron chi connectivity index (χ2n) is 8.06. The first-order valence-electron chi connectivity index (χ1n) is 10.2. The molecule has 2 saturated heterocycles. The van der Waals surface area contributed by atoms with E-state index in [-0.39, 0.29) is 24.8 Å². The average molecular weight is 398 g/mol. The van der Waals surface area contributed by atoms with Gasteiger partial charge in [0.15, 0.2) is 0 Å². The molecule has 3 aliphatic heterocycles. The van der Waals surface area contributed by atoms with Gasteiger partial charge in [0.25, 0.3) is 11.8 Å². The summed E-state index contributed by atoms with van der Waals surface area (Å²) >= 11 is 0. The van der Waals surface area contributed by atoms with Crippen LogP contribution in [0, 0.1) is 5.92 Å². The van der Waals surface area contributed by atoms with Crippen molar-refractivity contribution in [2.24, 2.45) is 5.92 Å². The standard InChI is InChI=1S/C21H26N4O4/c1-12(13-5-3-9-22-10-13)23-11-14-4-2-6-15-18(14)21(29)25(20(15)28)16-7-8-17(26)24-19(16)27/h2,4,6,12-13,16,22-23H,3,5,7-11H2,1H3,(H,24,26,27). The van der Waals surface area contributed by atoms with Gasteiger partial charge in [-0.05, 0) is 56.8 Å². The molecule has 29 heavy (non-hydrogen) atoms. The number of amides is 4. The van der Waals surface area contributed by atoms with Crippen LogP contribution in [0.5, 0.6) is 0 Å². The Kier molecular flexibility index (Phi) is 5.47. The number of carbonyl (C=O) groups excluding carboxylic acids is 4. The summed E-state index contributed by atoms with van der Waals surface area (Å²) in [5, 5.41) is 9.13. The van der Waals surface area contributed by atoms with Crippen LogP contribution in [-0.4, -0.2) is 53.7 Å². The topological polar surface area (TPSA) is 108 Å². The second-order valence-corrected chi connectivity index (χ2v) is 8.06. The lowest BCUT2D eigenvalue weighted by Crippen LogP contribution is -2.54. The van der Waals surface area contributed by atoms with Gasteiger partial charge in [-0.3, -0.25) is 29.4 Å². The van der Waals surface area contributed by atoms with E-state index < -0.39 is 23.8 Å². The first kappa shape index (κ1) is 19.7. The van der Waals surface area contributed by atoms with Crippen LogP contribution in [-0.2, 0) is 16.1 Å². The van der Waals surface area contributed by atoms with Crippen LogP contribution >= 0.6 is 0 Å². The summed E-state index contributed by atoms with van der Waals surface area (Å²) in [6, 6.07) is 4.57. The molecule has 4 rings (SSSR count).